The van der Waals surface area contributed by atoms with E-state index in [1.165, 1.54) is 25.1 Å². The normalized spacial score (nSPS) is 12.7. The predicted octanol–water partition coefficient (Wildman–Crippen LogP) is 5.11. The summed E-state index contributed by atoms with van der Waals surface area (Å²) in [7, 11) is 0. The van der Waals surface area contributed by atoms with Gasteiger partial charge in [-0.25, -0.2) is 9.59 Å². The lowest BCUT2D eigenvalue weighted by Crippen LogP contribution is -2.28. The molecular weight excluding hydrogens is 437 g/mol. The second-order valence-electron chi connectivity index (χ2n) is 6.66. The van der Waals surface area contributed by atoms with Crippen molar-refractivity contribution in [3.8, 4) is 5.75 Å². The van der Waals surface area contributed by atoms with Crippen LogP contribution in [0.15, 0.2) is 18.2 Å². The Morgan fingerprint density at radius 2 is 1.79 bits per heavy atom. The Balaban J connectivity index is 3.14. The van der Waals surface area contributed by atoms with Crippen molar-refractivity contribution in [2.75, 3.05) is 11.9 Å². The summed E-state index contributed by atoms with van der Waals surface area (Å²) < 4.78 is 13.0. The van der Waals surface area contributed by atoms with E-state index < -0.39 is 40.1 Å². The summed E-state index contributed by atoms with van der Waals surface area (Å²) >= 11 is 16.5. The second kappa shape index (κ2) is 9.54. The van der Waals surface area contributed by atoms with Gasteiger partial charge in [0.05, 0.1) is 11.6 Å². The minimum Gasteiger partial charge on any atom is -0.481 e. The van der Waals surface area contributed by atoms with Gasteiger partial charge in [0.1, 0.15) is 18.0 Å². The number of alkyl halides is 3. The van der Waals surface area contributed by atoms with Gasteiger partial charge in [-0.05, 0) is 39.8 Å². The van der Waals surface area contributed by atoms with E-state index in [0.717, 1.165) is 0 Å². The Morgan fingerprint density at radius 1 is 1.18 bits per heavy atom. The second-order valence-corrected chi connectivity index (χ2v) is 9.18. The number of hydrogen-bond acceptors (Lipinski definition) is 6. The summed E-state index contributed by atoms with van der Waals surface area (Å²) in [6.07, 6.45) is -2.01. The number of anilines is 1. The lowest BCUT2D eigenvalue weighted by atomic mass is 9.98. The molecule has 1 atom stereocenters. The molecule has 0 aliphatic carbocycles. The molecule has 2 N–H and O–H groups in total. The summed E-state index contributed by atoms with van der Waals surface area (Å²) in [6.45, 7) is 5.81. The van der Waals surface area contributed by atoms with Gasteiger partial charge in [0.2, 0.25) is 3.79 Å². The Kier molecular flexibility index (Phi) is 8.22. The Morgan fingerprint density at radius 3 is 2.29 bits per heavy atom. The van der Waals surface area contributed by atoms with Crippen molar-refractivity contribution >= 4 is 58.7 Å². The maximum atomic E-state index is 12.1. The van der Waals surface area contributed by atoms with Crippen LogP contribution in [-0.4, -0.2) is 39.3 Å². The number of rotatable bonds is 5. The first-order valence-electron chi connectivity index (χ1n) is 7.96. The zero-order valence-corrected chi connectivity index (χ0v) is 17.8. The van der Waals surface area contributed by atoms with Gasteiger partial charge in [0.15, 0.2) is 0 Å². The van der Waals surface area contributed by atoms with Gasteiger partial charge in [0, 0.05) is 5.56 Å². The van der Waals surface area contributed by atoms with Gasteiger partial charge < -0.3 is 19.3 Å². The van der Waals surface area contributed by atoms with Gasteiger partial charge in [-0.2, -0.15) is 0 Å². The average molecular weight is 457 g/mol. The maximum absolute atomic E-state index is 12.1. The smallest absolute Gasteiger partial charge is 0.481 e. The number of nitrogens with one attached hydrogen (secondary N) is 1. The van der Waals surface area contributed by atoms with Crippen LogP contribution in [0.4, 0.5) is 15.3 Å². The van der Waals surface area contributed by atoms with E-state index in [1.54, 1.807) is 20.8 Å². The Labute approximate surface area is 177 Å². The van der Waals surface area contributed by atoms with Gasteiger partial charge >= 0.3 is 18.2 Å². The summed E-state index contributed by atoms with van der Waals surface area (Å²) in [5.74, 6) is -2.49. The van der Waals surface area contributed by atoms with Gasteiger partial charge in [0.25, 0.3) is 0 Å². The molecule has 0 bridgehead atoms. The molecule has 0 aliphatic rings. The van der Waals surface area contributed by atoms with Crippen molar-refractivity contribution < 1.29 is 33.7 Å². The molecule has 0 saturated carbocycles. The first-order valence-corrected chi connectivity index (χ1v) is 9.10. The number of hydrogen-bond donors (Lipinski definition) is 2. The molecule has 0 aromatic heterocycles. The molecule has 0 radical (unpaired) electrons. The Bertz CT molecular complexity index is 741. The van der Waals surface area contributed by atoms with Crippen LogP contribution in [0, 0.1) is 0 Å². The minimum absolute atomic E-state index is 0.0340. The van der Waals surface area contributed by atoms with Crippen molar-refractivity contribution in [1.29, 1.82) is 0 Å². The average Bonchev–Trinajstić information content (AvgIpc) is 2.50. The highest BCUT2D eigenvalue weighted by Gasteiger charge is 2.27. The standard InChI is InChI=1S/C17H20Cl3NO7/c1-9(13(22)23)12-10(21-14(24)28-16(2,3)4)6-5-7-11(12)27-15(25)26-8-17(18,19)20/h5-7,9H,8H2,1-4H3,(H,21,24)(H,22,23). The van der Waals surface area contributed by atoms with Crippen molar-refractivity contribution in [2.24, 2.45) is 0 Å². The molecule has 0 heterocycles. The zero-order chi connectivity index (χ0) is 21.7. The number of halogens is 3. The van der Waals surface area contributed by atoms with Crippen LogP contribution >= 0.6 is 34.8 Å². The molecular formula is C17H20Cl3NO7. The first kappa shape index (κ1) is 24.1. The quantitative estimate of drug-likeness (QED) is 0.360. The predicted molar refractivity (Wildman–Crippen MR) is 105 cm³/mol. The topological polar surface area (TPSA) is 111 Å². The number of carbonyl (C=O) groups excluding carboxylic acids is 2. The van der Waals surface area contributed by atoms with Gasteiger partial charge in [-0.15, -0.1) is 0 Å². The van der Waals surface area contributed by atoms with Crippen LogP contribution in [0.5, 0.6) is 5.75 Å². The van der Waals surface area contributed by atoms with Crippen LogP contribution in [0.2, 0.25) is 0 Å². The summed E-state index contributed by atoms with van der Waals surface area (Å²) in [5.41, 5.74) is -0.639. The number of carbonyl (C=O) groups is 3. The number of aliphatic carboxylic acids is 1. The van der Waals surface area contributed by atoms with E-state index in [0.29, 0.717) is 0 Å². The molecule has 0 fully saturated rings. The molecule has 156 valence electrons. The fourth-order valence-corrected chi connectivity index (χ4v) is 2.15. The molecule has 8 nitrogen and oxygen atoms in total. The Hall–Kier alpha value is -1.90. The van der Waals surface area contributed by atoms with Crippen LogP contribution in [0.25, 0.3) is 0 Å². The summed E-state index contributed by atoms with van der Waals surface area (Å²) in [4.78, 5) is 35.4. The summed E-state index contributed by atoms with van der Waals surface area (Å²) in [5, 5.41) is 11.8. The fraction of sp³-hybridized carbons (Fsp3) is 0.471. The number of benzene rings is 1. The van der Waals surface area contributed by atoms with Crippen molar-refractivity contribution in [2.45, 2.75) is 43.0 Å². The van der Waals surface area contributed by atoms with Gasteiger partial charge in [-0.3, -0.25) is 10.1 Å². The third kappa shape index (κ3) is 8.41. The third-order valence-corrected chi connectivity index (χ3v) is 3.38. The van der Waals surface area contributed by atoms with Gasteiger partial charge in [-0.1, -0.05) is 40.9 Å². The SMILES string of the molecule is CC(C(=O)O)c1c(NC(=O)OC(C)(C)C)cccc1OC(=O)OCC(Cl)(Cl)Cl. The lowest BCUT2D eigenvalue weighted by Gasteiger charge is -2.22. The lowest BCUT2D eigenvalue weighted by molar-refractivity contribution is -0.138. The van der Waals surface area contributed by atoms with Crippen molar-refractivity contribution in [3.05, 3.63) is 23.8 Å². The van der Waals surface area contributed by atoms with E-state index in [2.05, 4.69) is 10.1 Å². The number of amides is 1. The monoisotopic (exact) mass is 455 g/mol. The van der Waals surface area contributed by atoms with E-state index in [9.17, 15) is 19.5 Å². The zero-order valence-electron chi connectivity index (χ0n) is 15.5. The molecule has 0 aliphatic heterocycles. The largest absolute Gasteiger partial charge is 0.514 e. The highest BCUT2D eigenvalue weighted by Crippen LogP contribution is 2.35. The minimum atomic E-state index is -1.84. The highest BCUT2D eigenvalue weighted by molar-refractivity contribution is 6.67. The van der Waals surface area contributed by atoms with Crippen LogP contribution in [-0.2, 0) is 14.3 Å². The number of carboxylic acids is 1. The van der Waals surface area contributed by atoms with E-state index in [-0.39, 0.29) is 17.0 Å². The number of carboxylic acid groups (broad SMARTS) is 1. The molecule has 1 rings (SSSR count). The van der Waals surface area contributed by atoms with Crippen molar-refractivity contribution in [3.63, 3.8) is 0 Å². The number of ether oxygens (including phenoxy) is 3. The molecule has 0 spiro atoms. The molecule has 1 amide bonds. The maximum Gasteiger partial charge on any atom is 0.514 e. The highest BCUT2D eigenvalue weighted by atomic mass is 35.6. The molecule has 28 heavy (non-hydrogen) atoms. The fourth-order valence-electron chi connectivity index (χ4n) is 1.99. The van der Waals surface area contributed by atoms with Crippen LogP contribution in [0.1, 0.15) is 39.2 Å². The van der Waals surface area contributed by atoms with E-state index in [4.69, 9.17) is 44.3 Å². The molecule has 1 aromatic carbocycles. The van der Waals surface area contributed by atoms with Crippen molar-refractivity contribution in [1.82, 2.24) is 0 Å². The molecule has 1 aromatic rings. The molecule has 1 unspecified atom stereocenters. The first-order chi connectivity index (χ1) is 12.7. The molecule has 0 saturated heterocycles. The molecule has 11 heteroatoms. The third-order valence-electron chi connectivity index (χ3n) is 3.05. The summed E-state index contributed by atoms with van der Waals surface area (Å²) in [6, 6.07) is 4.23. The van der Waals surface area contributed by atoms with Crippen LogP contribution in [0.3, 0.4) is 0 Å². The van der Waals surface area contributed by atoms with Crippen LogP contribution < -0.4 is 10.1 Å². The van der Waals surface area contributed by atoms with E-state index in [1.807, 2.05) is 0 Å². The van der Waals surface area contributed by atoms with E-state index >= 15 is 0 Å².